The lowest BCUT2D eigenvalue weighted by atomic mass is 9.91. The van der Waals surface area contributed by atoms with Gasteiger partial charge < -0.3 is 5.32 Å². The summed E-state index contributed by atoms with van der Waals surface area (Å²) in [7, 11) is 0. The summed E-state index contributed by atoms with van der Waals surface area (Å²) >= 11 is 0. The van der Waals surface area contributed by atoms with Crippen molar-refractivity contribution >= 4 is 0 Å². The average Bonchev–Trinajstić information content (AvgIpc) is 2.37. The molecule has 1 aromatic carbocycles. The largest absolute Gasteiger partial charge is 0.416 e. The molecule has 0 heterocycles. The number of benzene rings is 1. The third kappa shape index (κ3) is 4.53. The number of nitrogens with one attached hydrogen (secondary N) is 1. The van der Waals surface area contributed by atoms with Crippen molar-refractivity contribution in [3.63, 3.8) is 0 Å². The predicted octanol–water partition coefficient (Wildman–Crippen LogP) is 4.79. The van der Waals surface area contributed by atoms with Gasteiger partial charge in [0.1, 0.15) is 0 Å². The van der Waals surface area contributed by atoms with Crippen LogP contribution in [0.1, 0.15) is 50.8 Å². The Labute approximate surface area is 113 Å². The highest BCUT2D eigenvalue weighted by molar-refractivity contribution is 5.32. The number of hydrogen-bond donors (Lipinski definition) is 1. The fourth-order valence-electron chi connectivity index (χ4n) is 2.19. The van der Waals surface area contributed by atoms with Crippen molar-refractivity contribution in [1.29, 1.82) is 0 Å². The summed E-state index contributed by atoms with van der Waals surface area (Å²) in [4.78, 5) is 0. The van der Waals surface area contributed by atoms with E-state index in [1.54, 1.807) is 12.1 Å². The SMILES string of the molecule is CCNC(CC(C)CC)c1ccccc1C(F)(F)F. The molecule has 19 heavy (non-hydrogen) atoms. The van der Waals surface area contributed by atoms with E-state index in [9.17, 15) is 13.2 Å². The molecule has 0 aromatic heterocycles. The minimum absolute atomic E-state index is 0.238. The van der Waals surface area contributed by atoms with Crippen molar-refractivity contribution in [3.8, 4) is 0 Å². The van der Waals surface area contributed by atoms with Crippen molar-refractivity contribution < 1.29 is 13.2 Å². The molecule has 1 rings (SSSR count). The molecule has 0 aliphatic heterocycles. The zero-order chi connectivity index (χ0) is 14.5. The van der Waals surface area contributed by atoms with Crippen LogP contribution < -0.4 is 5.32 Å². The molecule has 0 saturated heterocycles. The molecule has 4 heteroatoms. The third-order valence-electron chi connectivity index (χ3n) is 3.43. The van der Waals surface area contributed by atoms with E-state index in [2.05, 4.69) is 19.2 Å². The van der Waals surface area contributed by atoms with Crippen molar-refractivity contribution in [1.82, 2.24) is 5.32 Å². The normalized spacial score (nSPS) is 15.3. The number of alkyl halides is 3. The van der Waals surface area contributed by atoms with E-state index in [1.807, 2.05) is 6.92 Å². The zero-order valence-electron chi connectivity index (χ0n) is 11.7. The highest BCUT2D eigenvalue weighted by Crippen LogP contribution is 2.36. The molecule has 0 amide bonds. The molecule has 0 fully saturated rings. The number of halogens is 3. The van der Waals surface area contributed by atoms with Gasteiger partial charge in [0.15, 0.2) is 0 Å². The lowest BCUT2D eigenvalue weighted by molar-refractivity contribution is -0.138. The molecule has 0 radical (unpaired) electrons. The summed E-state index contributed by atoms with van der Waals surface area (Å²) < 4.78 is 39.1. The zero-order valence-corrected chi connectivity index (χ0v) is 11.7. The van der Waals surface area contributed by atoms with Gasteiger partial charge in [-0.05, 0) is 30.5 Å². The summed E-state index contributed by atoms with van der Waals surface area (Å²) in [6, 6.07) is 5.62. The Kier molecular flexibility index (Phi) is 5.85. The van der Waals surface area contributed by atoms with Crippen LogP contribution in [0.5, 0.6) is 0 Å². The molecule has 0 bridgehead atoms. The molecule has 0 saturated carbocycles. The van der Waals surface area contributed by atoms with Gasteiger partial charge in [0.2, 0.25) is 0 Å². The fraction of sp³-hybridized carbons (Fsp3) is 0.600. The molecule has 2 unspecified atom stereocenters. The Bertz CT molecular complexity index is 387. The second-order valence-corrected chi connectivity index (χ2v) is 4.94. The second kappa shape index (κ2) is 6.94. The molecule has 0 spiro atoms. The summed E-state index contributed by atoms with van der Waals surface area (Å²) in [5.41, 5.74) is -0.165. The van der Waals surface area contributed by atoms with Gasteiger partial charge in [0.25, 0.3) is 0 Å². The van der Waals surface area contributed by atoms with E-state index < -0.39 is 11.7 Å². The van der Waals surface area contributed by atoms with Crippen LogP contribution >= 0.6 is 0 Å². The Morgan fingerprint density at radius 2 is 1.79 bits per heavy atom. The van der Waals surface area contributed by atoms with Gasteiger partial charge in [-0.25, -0.2) is 0 Å². The van der Waals surface area contributed by atoms with Crippen molar-refractivity contribution in [3.05, 3.63) is 35.4 Å². The second-order valence-electron chi connectivity index (χ2n) is 4.94. The standard InChI is InChI=1S/C15H22F3N/c1-4-11(3)10-14(19-5-2)12-8-6-7-9-13(12)15(16,17)18/h6-9,11,14,19H,4-5,10H2,1-3H3. The minimum Gasteiger partial charge on any atom is -0.310 e. The van der Waals surface area contributed by atoms with Gasteiger partial charge in [0.05, 0.1) is 5.56 Å². The van der Waals surface area contributed by atoms with Gasteiger partial charge in [0, 0.05) is 6.04 Å². The number of hydrogen-bond acceptors (Lipinski definition) is 1. The van der Waals surface area contributed by atoms with Crippen molar-refractivity contribution in [2.75, 3.05) is 6.54 Å². The minimum atomic E-state index is -4.29. The van der Waals surface area contributed by atoms with Crippen LogP contribution in [0.2, 0.25) is 0 Å². The maximum atomic E-state index is 13.0. The van der Waals surface area contributed by atoms with Gasteiger partial charge in [-0.3, -0.25) is 0 Å². The topological polar surface area (TPSA) is 12.0 Å². The Morgan fingerprint density at radius 1 is 1.16 bits per heavy atom. The van der Waals surface area contributed by atoms with Crippen LogP contribution in [-0.2, 0) is 6.18 Å². The Balaban J connectivity index is 3.08. The first kappa shape index (κ1) is 16.0. The first-order chi connectivity index (χ1) is 8.90. The molecular weight excluding hydrogens is 251 g/mol. The first-order valence-corrected chi connectivity index (χ1v) is 6.79. The molecule has 0 aliphatic rings. The summed E-state index contributed by atoms with van der Waals surface area (Å²) in [5, 5.41) is 3.18. The molecule has 2 atom stereocenters. The van der Waals surface area contributed by atoms with E-state index in [1.165, 1.54) is 6.07 Å². The third-order valence-corrected chi connectivity index (χ3v) is 3.43. The molecule has 108 valence electrons. The Hall–Kier alpha value is -1.03. The first-order valence-electron chi connectivity index (χ1n) is 6.79. The number of rotatable bonds is 6. The summed E-state index contributed by atoms with van der Waals surface area (Å²) in [6.07, 6.45) is -2.60. The van der Waals surface area contributed by atoms with E-state index in [0.717, 1.165) is 18.9 Å². The quantitative estimate of drug-likeness (QED) is 0.785. The van der Waals surface area contributed by atoms with E-state index in [0.29, 0.717) is 18.0 Å². The average molecular weight is 273 g/mol. The van der Waals surface area contributed by atoms with E-state index >= 15 is 0 Å². The summed E-state index contributed by atoms with van der Waals surface area (Å²) in [5.74, 6) is 0.394. The van der Waals surface area contributed by atoms with Gasteiger partial charge in [-0.15, -0.1) is 0 Å². The monoisotopic (exact) mass is 273 g/mol. The predicted molar refractivity (Wildman–Crippen MR) is 71.9 cm³/mol. The van der Waals surface area contributed by atoms with Gasteiger partial charge in [-0.1, -0.05) is 45.4 Å². The highest BCUT2D eigenvalue weighted by Gasteiger charge is 2.34. The van der Waals surface area contributed by atoms with Gasteiger partial charge >= 0.3 is 6.18 Å². The van der Waals surface area contributed by atoms with Crippen LogP contribution in [0.25, 0.3) is 0 Å². The van der Waals surface area contributed by atoms with E-state index in [4.69, 9.17) is 0 Å². The molecule has 1 aromatic rings. The smallest absolute Gasteiger partial charge is 0.310 e. The van der Waals surface area contributed by atoms with Crippen molar-refractivity contribution in [2.24, 2.45) is 5.92 Å². The van der Waals surface area contributed by atoms with Crippen LogP contribution in [0.4, 0.5) is 13.2 Å². The van der Waals surface area contributed by atoms with Gasteiger partial charge in [-0.2, -0.15) is 13.2 Å². The summed E-state index contributed by atoms with van der Waals surface area (Å²) in [6.45, 7) is 6.71. The van der Waals surface area contributed by atoms with Crippen molar-refractivity contribution in [2.45, 2.75) is 45.8 Å². The van der Waals surface area contributed by atoms with E-state index in [-0.39, 0.29) is 6.04 Å². The lowest BCUT2D eigenvalue weighted by Gasteiger charge is -2.24. The molecule has 1 nitrogen and oxygen atoms in total. The fourth-order valence-corrected chi connectivity index (χ4v) is 2.19. The molecular formula is C15H22F3N. The maximum absolute atomic E-state index is 13.0. The Morgan fingerprint density at radius 3 is 2.32 bits per heavy atom. The van der Waals surface area contributed by atoms with Crippen LogP contribution in [0.3, 0.4) is 0 Å². The maximum Gasteiger partial charge on any atom is 0.416 e. The highest BCUT2D eigenvalue weighted by atomic mass is 19.4. The van der Waals surface area contributed by atoms with Crippen LogP contribution in [0.15, 0.2) is 24.3 Å². The molecule has 1 N–H and O–H groups in total. The lowest BCUT2D eigenvalue weighted by Crippen LogP contribution is -2.25. The van der Waals surface area contributed by atoms with Crippen LogP contribution in [-0.4, -0.2) is 6.54 Å². The van der Waals surface area contributed by atoms with Crippen LogP contribution in [0, 0.1) is 5.92 Å². The molecule has 0 aliphatic carbocycles.